The number of hydrogen-bond donors (Lipinski definition) is 1. The van der Waals surface area contributed by atoms with Crippen LogP contribution in [0.3, 0.4) is 0 Å². The monoisotopic (exact) mass is 338 g/mol. The average Bonchev–Trinajstić information content (AvgIpc) is 2.57. The van der Waals surface area contributed by atoms with Crippen LogP contribution in [0.15, 0.2) is 0 Å². The molecule has 144 valence electrons. The molecular weight excluding hydrogens is 292 g/mol. The molecule has 0 aliphatic heterocycles. The van der Waals surface area contributed by atoms with Crippen LogP contribution in [0.2, 0.25) is 0 Å². The molecule has 4 radical (unpaired) electrons. The lowest BCUT2D eigenvalue weighted by Gasteiger charge is -2.03. The summed E-state index contributed by atoms with van der Waals surface area (Å²) in [5.41, 5.74) is 0. The highest BCUT2D eigenvalue weighted by molar-refractivity contribution is 4.50. The molecule has 0 amide bonds. The molecule has 0 aromatic rings. The van der Waals surface area contributed by atoms with Crippen molar-refractivity contribution in [2.24, 2.45) is 0 Å². The van der Waals surface area contributed by atoms with Gasteiger partial charge in [0, 0.05) is 14.0 Å². The Morgan fingerprint density at radius 2 is 0.583 bits per heavy atom. The van der Waals surface area contributed by atoms with Gasteiger partial charge in [-0.15, -0.1) is 0 Å². The van der Waals surface area contributed by atoms with Crippen molar-refractivity contribution in [1.29, 1.82) is 0 Å². The molecule has 0 unspecified atom stereocenters. The minimum absolute atomic E-state index is 0. The smallest absolute Gasteiger partial charge is 0.0431 e. The van der Waals surface area contributed by atoms with Gasteiger partial charge in [0.15, 0.2) is 0 Å². The van der Waals surface area contributed by atoms with E-state index in [2.05, 4.69) is 6.92 Å². The van der Waals surface area contributed by atoms with E-state index in [9.17, 15) is 0 Å². The molecule has 1 heteroatoms. The topological polar surface area (TPSA) is 20.2 Å². The highest BCUT2D eigenvalue weighted by atomic mass is 16.2. The summed E-state index contributed by atoms with van der Waals surface area (Å²) in [6, 6.07) is 0. The van der Waals surface area contributed by atoms with Crippen LogP contribution in [0.4, 0.5) is 0 Å². The SMILES string of the molecule is CCCCCCCCCCCCCCCCCCCCCCO.[C]. The Morgan fingerprint density at radius 1 is 0.375 bits per heavy atom. The van der Waals surface area contributed by atoms with Gasteiger partial charge in [-0.05, 0) is 6.42 Å². The van der Waals surface area contributed by atoms with Crippen LogP contribution in [0.25, 0.3) is 0 Å². The van der Waals surface area contributed by atoms with Gasteiger partial charge in [0.25, 0.3) is 0 Å². The molecule has 0 aromatic heterocycles. The average molecular weight is 339 g/mol. The van der Waals surface area contributed by atoms with Crippen LogP contribution in [0, 0.1) is 7.43 Å². The van der Waals surface area contributed by atoms with Gasteiger partial charge in [-0.1, -0.05) is 129 Å². The third kappa shape index (κ3) is 24.2. The Labute approximate surface area is 155 Å². The number of hydrogen-bond acceptors (Lipinski definition) is 1. The molecule has 0 spiro atoms. The predicted molar refractivity (Wildman–Crippen MR) is 108 cm³/mol. The third-order valence-corrected chi connectivity index (χ3v) is 5.01. The quantitative estimate of drug-likeness (QED) is 0.224. The molecule has 0 aliphatic rings. The summed E-state index contributed by atoms with van der Waals surface area (Å²) in [5, 5.41) is 8.71. The molecule has 0 rings (SSSR count). The zero-order valence-corrected chi connectivity index (χ0v) is 16.8. The van der Waals surface area contributed by atoms with E-state index in [0.717, 1.165) is 6.42 Å². The molecular formula is C23H46O. The first-order valence-corrected chi connectivity index (χ1v) is 11.0. The van der Waals surface area contributed by atoms with Crippen molar-refractivity contribution in [2.75, 3.05) is 6.61 Å². The molecule has 0 saturated carbocycles. The lowest BCUT2D eigenvalue weighted by molar-refractivity contribution is 0.282. The van der Waals surface area contributed by atoms with Gasteiger partial charge in [-0.25, -0.2) is 0 Å². The van der Waals surface area contributed by atoms with Crippen molar-refractivity contribution >= 4 is 0 Å². The van der Waals surface area contributed by atoms with E-state index >= 15 is 0 Å². The minimum atomic E-state index is 0. The van der Waals surface area contributed by atoms with Crippen molar-refractivity contribution in [2.45, 2.75) is 135 Å². The van der Waals surface area contributed by atoms with Crippen LogP contribution >= 0.6 is 0 Å². The highest BCUT2D eigenvalue weighted by Crippen LogP contribution is 2.14. The van der Waals surface area contributed by atoms with Crippen LogP contribution < -0.4 is 0 Å². The van der Waals surface area contributed by atoms with Gasteiger partial charge in [-0.2, -0.15) is 0 Å². The zero-order valence-electron chi connectivity index (χ0n) is 16.8. The molecule has 0 saturated heterocycles. The maximum atomic E-state index is 8.71. The summed E-state index contributed by atoms with van der Waals surface area (Å²) in [5.74, 6) is 0. The Kier molecular flexibility index (Phi) is 27.5. The van der Waals surface area contributed by atoms with Gasteiger partial charge in [0.05, 0.1) is 0 Å². The summed E-state index contributed by atoms with van der Waals surface area (Å²) in [7, 11) is 0. The van der Waals surface area contributed by atoms with Crippen molar-refractivity contribution in [3.63, 3.8) is 0 Å². The minimum Gasteiger partial charge on any atom is -0.396 e. The van der Waals surface area contributed by atoms with E-state index in [1.807, 2.05) is 0 Å². The Balaban J connectivity index is 0. The van der Waals surface area contributed by atoms with Crippen LogP contribution in [0.1, 0.15) is 135 Å². The second-order valence-electron chi connectivity index (χ2n) is 7.44. The van der Waals surface area contributed by atoms with E-state index in [4.69, 9.17) is 5.11 Å². The number of aliphatic hydroxyl groups is 1. The lowest BCUT2D eigenvalue weighted by Crippen LogP contribution is -1.85. The molecule has 0 heterocycles. The lowest BCUT2D eigenvalue weighted by atomic mass is 10.0. The number of unbranched alkanes of at least 4 members (excludes halogenated alkanes) is 19. The molecule has 0 aliphatic carbocycles. The van der Waals surface area contributed by atoms with Gasteiger partial charge >= 0.3 is 0 Å². The van der Waals surface area contributed by atoms with Gasteiger partial charge in [0.1, 0.15) is 0 Å². The van der Waals surface area contributed by atoms with Crippen LogP contribution in [-0.2, 0) is 0 Å². The second kappa shape index (κ2) is 25.2. The Bertz CT molecular complexity index is 170. The fraction of sp³-hybridized carbons (Fsp3) is 0.957. The van der Waals surface area contributed by atoms with Crippen LogP contribution in [-0.4, -0.2) is 11.7 Å². The first-order chi connectivity index (χ1) is 11.4. The van der Waals surface area contributed by atoms with Crippen molar-refractivity contribution in [3.8, 4) is 0 Å². The standard InChI is InChI=1S/C22H46O.C/c1-2-3-4-5-6-7-8-9-10-11-12-13-14-15-16-17-18-19-20-21-22-23;/h23H,2-22H2,1H3;. The zero-order chi connectivity index (χ0) is 16.8. The number of rotatable bonds is 20. The maximum Gasteiger partial charge on any atom is 0.0431 e. The maximum absolute atomic E-state index is 8.71. The molecule has 0 atom stereocenters. The first-order valence-electron chi connectivity index (χ1n) is 11.0. The largest absolute Gasteiger partial charge is 0.396 e. The molecule has 1 N–H and O–H groups in total. The highest BCUT2D eigenvalue weighted by Gasteiger charge is 1.95. The van der Waals surface area contributed by atoms with E-state index in [1.165, 1.54) is 122 Å². The summed E-state index contributed by atoms with van der Waals surface area (Å²) in [6.07, 6.45) is 28.1. The predicted octanol–water partition coefficient (Wildman–Crippen LogP) is 7.88. The van der Waals surface area contributed by atoms with Gasteiger partial charge in [-0.3, -0.25) is 0 Å². The summed E-state index contributed by atoms with van der Waals surface area (Å²) in [4.78, 5) is 0. The first kappa shape index (κ1) is 26.2. The van der Waals surface area contributed by atoms with E-state index in [-0.39, 0.29) is 7.43 Å². The molecule has 0 bridgehead atoms. The van der Waals surface area contributed by atoms with Gasteiger partial charge < -0.3 is 5.11 Å². The van der Waals surface area contributed by atoms with Crippen molar-refractivity contribution < 1.29 is 5.11 Å². The summed E-state index contributed by atoms with van der Waals surface area (Å²) < 4.78 is 0. The molecule has 1 nitrogen and oxygen atoms in total. The summed E-state index contributed by atoms with van der Waals surface area (Å²) in [6.45, 7) is 2.67. The van der Waals surface area contributed by atoms with E-state index in [0.29, 0.717) is 6.61 Å². The van der Waals surface area contributed by atoms with E-state index in [1.54, 1.807) is 0 Å². The summed E-state index contributed by atoms with van der Waals surface area (Å²) >= 11 is 0. The fourth-order valence-corrected chi connectivity index (χ4v) is 3.37. The van der Waals surface area contributed by atoms with Gasteiger partial charge in [0.2, 0.25) is 0 Å². The molecule has 0 fully saturated rings. The fourth-order valence-electron chi connectivity index (χ4n) is 3.37. The Morgan fingerprint density at radius 3 is 0.792 bits per heavy atom. The van der Waals surface area contributed by atoms with Crippen molar-refractivity contribution in [3.05, 3.63) is 7.43 Å². The second-order valence-corrected chi connectivity index (χ2v) is 7.44. The Hall–Kier alpha value is -0.0400. The van der Waals surface area contributed by atoms with Crippen molar-refractivity contribution in [1.82, 2.24) is 0 Å². The third-order valence-electron chi connectivity index (χ3n) is 5.01. The molecule has 24 heavy (non-hydrogen) atoms. The van der Waals surface area contributed by atoms with Crippen LogP contribution in [0.5, 0.6) is 0 Å². The molecule has 0 aromatic carbocycles. The normalized spacial score (nSPS) is 10.8. The van der Waals surface area contributed by atoms with E-state index < -0.39 is 0 Å². The number of aliphatic hydroxyl groups excluding tert-OH is 1.